The van der Waals surface area contributed by atoms with E-state index in [-0.39, 0.29) is 6.10 Å². The Hall–Kier alpha value is -0.560. The number of aliphatic hydroxyl groups is 1. The first-order valence-electron chi connectivity index (χ1n) is 5.31. The summed E-state index contributed by atoms with van der Waals surface area (Å²) in [5, 5.41) is 9.94. The van der Waals surface area contributed by atoms with Crippen LogP contribution in [0.15, 0.2) is 24.3 Å². The first-order chi connectivity index (χ1) is 6.27. The minimum Gasteiger partial charge on any atom is -0.393 e. The molecule has 0 aromatic carbocycles. The molecule has 0 spiro atoms. The lowest BCUT2D eigenvalue weighted by Crippen LogP contribution is -2.36. The zero-order valence-electron chi connectivity index (χ0n) is 7.82. The van der Waals surface area contributed by atoms with Gasteiger partial charge in [0.2, 0.25) is 0 Å². The summed E-state index contributed by atoms with van der Waals surface area (Å²) in [6.45, 7) is 4.17. The highest BCUT2D eigenvalue weighted by atomic mass is 16.3. The summed E-state index contributed by atoms with van der Waals surface area (Å²) >= 11 is 0. The molecule has 3 aliphatic rings. The van der Waals surface area contributed by atoms with Gasteiger partial charge in [-0.25, -0.2) is 0 Å². The summed E-state index contributed by atoms with van der Waals surface area (Å²) in [7, 11) is 0. The topological polar surface area (TPSA) is 20.2 Å². The van der Waals surface area contributed by atoms with E-state index in [4.69, 9.17) is 0 Å². The monoisotopic (exact) mass is 176 g/mol. The van der Waals surface area contributed by atoms with Crippen LogP contribution < -0.4 is 0 Å². The van der Waals surface area contributed by atoms with E-state index < -0.39 is 0 Å². The average Bonchev–Trinajstić information content (AvgIpc) is 2.70. The van der Waals surface area contributed by atoms with Crippen molar-refractivity contribution in [3.05, 3.63) is 24.3 Å². The van der Waals surface area contributed by atoms with Crippen LogP contribution in [0.3, 0.4) is 0 Å². The molecule has 2 saturated carbocycles. The second kappa shape index (κ2) is 2.48. The minimum absolute atomic E-state index is 0.0598. The number of allylic oxidation sites excluding steroid dienone is 3. The third-order valence-electron chi connectivity index (χ3n) is 4.20. The Morgan fingerprint density at radius 3 is 2.85 bits per heavy atom. The van der Waals surface area contributed by atoms with Crippen LogP contribution >= 0.6 is 0 Å². The standard InChI is InChI=1S/C12H16O/c1-7-2-5-10(13)12-9-4-3-8(6-9)11(7)12/h3-4,8-13H,1-2,5-6H2/t8-,9+,10-,11-,12-/m1/s1. The number of rotatable bonds is 0. The van der Waals surface area contributed by atoms with E-state index in [0.717, 1.165) is 12.8 Å². The Bertz CT molecular complexity index is 279. The van der Waals surface area contributed by atoms with Crippen molar-refractivity contribution < 1.29 is 5.11 Å². The molecule has 0 unspecified atom stereocenters. The number of fused-ring (bicyclic) bond motifs is 5. The number of hydrogen-bond acceptors (Lipinski definition) is 1. The Kier molecular flexibility index (Phi) is 1.49. The first kappa shape index (κ1) is 7.81. The maximum absolute atomic E-state index is 9.94. The average molecular weight is 176 g/mol. The predicted octanol–water partition coefficient (Wildman–Crippen LogP) is 2.14. The molecule has 0 aromatic rings. The van der Waals surface area contributed by atoms with Crippen molar-refractivity contribution in [2.75, 3.05) is 0 Å². The molecule has 0 saturated heterocycles. The van der Waals surface area contributed by atoms with Gasteiger partial charge in [0.15, 0.2) is 0 Å². The van der Waals surface area contributed by atoms with Crippen LogP contribution in [0, 0.1) is 23.7 Å². The Morgan fingerprint density at radius 2 is 2.08 bits per heavy atom. The number of hydrogen-bond donors (Lipinski definition) is 1. The van der Waals surface area contributed by atoms with Gasteiger partial charge in [-0.1, -0.05) is 24.3 Å². The Balaban J connectivity index is 1.98. The lowest BCUT2D eigenvalue weighted by Gasteiger charge is -2.37. The molecule has 0 aromatic heterocycles. The van der Waals surface area contributed by atoms with Gasteiger partial charge in [-0.15, -0.1) is 0 Å². The fraction of sp³-hybridized carbons (Fsp3) is 0.667. The summed E-state index contributed by atoms with van der Waals surface area (Å²) in [4.78, 5) is 0. The quantitative estimate of drug-likeness (QED) is 0.561. The van der Waals surface area contributed by atoms with Gasteiger partial charge in [0.25, 0.3) is 0 Å². The van der Waals surface area contributed by atoms with Crippen molar-refractivity contribution in [2.45, 2.75) is 25.4 Å². The van der Waals surface area contributed by atoms with Gasteiger partial charge in [-0.3, -0.25) is 0 Å². The molecule has 1 nitrogen and oxygen atoms in total. The van der Waals surface area contributed by atoms with E-state index in [1.54, 1.807) is 0 Å². The van der Waals surface area contributed by atoms with Gasteiger partial charge in [0, 0.05) is 0 Å². The van der Waals surface area contributed by atoms with Gasteiger partial charge in [0.1, 0.15) is 0 Å². The van der Waals surface area contributed by atoms with Gasteiger partial charge in [0.05, 0.1) is 6.10 Å². The number of aliphatic hydroxyl groups excluding tert-OH is 1. The lowest BCUT2D eigenvalue weighted by atomic mass is 9.69. The van der Waals surface area contributed by atoms with Crippen LogP contribution in [0.1, 0.15) is 19.3 Å². The van der Waals surface area contributed by atoms with Crippen LogP contribution in [-0.4, -0.2) is 11.2 Å². The van der Waals surface area contributed by atoms with E-state index in [9.17, 15) is 5.11 Å². The highest BCUT2D eigenvalue weighted by Crippen LogP contribution is 2.55. The third-order valence-corrected chi connectivity index (χ3v) is 4.20. The van der Waals surface area contributed by atoms with Gasteiger partial charge < -0.3 is 5.11 Å². The van der Waals surface area contributed by atoms with Crippen molar-refractivity contribution in [2.24, 2.45) is 23.7 Å². The lowest BCUT2D eigenvalue weighted by molar-refractivity contribution is 0.0486. The summed E-state index contributed by atoms with van der Waals surface area (Å²) in [6, 6.07) is 0. The van der Waals surface area contributed by atoms with Crippen LogP contribution in [0.25, 0.3) is 0 Å². The van der Waals surface area contributed by atoms with Gasteiger partial charge >= 0.3 is 0 Å². The molecule has 3 rings (SSSR count). The molecule has 2 bridgehead atoms. The molecule has 5 atom stereocenters. The summed E-state index contributed by atoms with van der Waals surface area (Å²) in [6.07, 6.45) is 7.85. The van der Waals surface area contributed by atoms with Crippen molar-refractivity contribution in [1.29, 1.82) is 0 Å². The zero-order valence-corrected chi connectivity index (χ0v) is 7.82. The smallest absolute Gasteiger partial charge is 0.0583 e. The van der Waals surface area contributed by atoms with E-state index >= 15 is 0 Å². The molecule has 0 radical (unpaired) electrons. The molecular weight excluding hydrogens is 160 g/mol. The van der Waals surface area contributed by atoms with E-state index in [0.29, 0.717) is 23.7 Å². The van der Waals surface area contributed by atoms with Crippen molar-refractivity contribution in [1.82, 2.24) is 0 Å². The molecule has 0 heterocycles. The molecule has 1 N–H and O–H groups in total. The van der Waals surface area contributed by atoms with Crippen LogP contribution in [-0.2, 0) is 0 Å². The van der Waals surface area contributed by atoms with Crippen LogP contribution in [0.5, 0.6) is 0 Å². The normalized spacial score (nSPS) is 52.7. The largest absolute Gasteiger partial charge is 0.393 e. The molecule has 2 fully saturated rings. The fourth-order valence-electron chi connectivity index (χ4n) is 3.65. The van der Waals surface area contributed by atoms with Crippen molar-refractivity contribution >= 4 is 0 Å². The van der Waals surface area contributed by atoms with Gasteiger partial charge in [-0.05, 0) is 42.9 Å². The maximum Gasteiger partial charge on any atom is 0.0583 e. The molecule has 3 aliphatic carbocycles. The first-order valence-corrected chi connectivity index (χ1v) is 5.31. The minimum atomic E-state index is -0.0598. The highest BCUT2D eigenvalue weighted by Gasteiger charge is 2.50. The summed E-state index contributed by atoms with van der Waals surface area (Å²) in [5.74, 6) is 2.48. The fourth-order valence-corrected chi connectivity index (χ4v) is 3.65. The molecule has 13 heavy (non-hydrogen) atoms. The van der Waals surface area contributed by atoms with Crippen molar-refractivity contribution in [3.63, 3.8) is 0 Å². The third kappa shape index (κ3) is 0.912. The summed E-state index contributed by atoms with van der Waals surface area (Å²) in [5.41, 5.74) is 1.40. The second-order valence-corrected chi connectivity index (χ2v) is 4.82. The summed E-state index contributed by atoms with van der Waals surface area (Å²) < 4.78 is 0. The highest BCUT2D eigenvalue weighted by molar-refractivity contribution is 5.24. The van der Waals surface area contributed by atoms with Crippen LogP contribution in [0.4, 0.5) is 0 Å². The Morgan fingerprint density at radius 1 is 1.31 bits per heavy atom. The molecule has 1 heteroatoms. The molecule has 0 amide bonds. The van der Waals surface area contributed by atoms with Gasteiger partial charge in [-0.2, -0.15) is 0 Å². The molecule has 0 aliphatic heterocycles. The van der Waals surface area contributed by atoms with E-state index in [2.05, 4.69) is 18.7 Å². The zero-order chi connectivity index (χ0) is 9.00. The SMILES string of the molecule is C=C1CC[C@@H](O)[C@@H]2[C@H]1[C@@H]1C=C[C@H]2C1. The molecular formula is C12H16O. The maximum atomic E-state index is 9.94. The van der Waals surface area contributed by atoms with Crippen molar-refractivity contribution in [3.8, 4) is 0 Å². The van der Waals surface area contributed by atoms with Crippen LogP contribution in [0.2, 0.25) is 0 Å². The predicted molar refractivity (Wildman–Crippen MR) is 52.1 cm³/mol. The second-order valence-electron chi connectivity index (χ2n) is 4.82. The molecule has 70 valence electrons. The van der Waals surface area contributed by atoms with E-state index in [1.165, 1.54) is 12.0 Å². The van der Waals surface area contributed by atoms with E-state index in [1.807, 2.05) is 0 Å². The Labute approximate surface area is 79.2 Å².